The van der Waals surface area contributed by atoms with Gasteiger partial charge in [0.05, 0.1) is 13.2 Å². The second kappa shape index (κ2) is 4.61. The standard InChI is InChI=1S/C8H10ClN3OS2/c9-6-4-15-8(11-6)12-1-2-13-5(3-12)7(10)14/h4-5H,1-3H2,(H2,10,14). The zero-order chi connectivity index (χ0) is 10.8. The summed E-state index contributed by atoms with van der Waals surface area (Å²) in [4.78, 5) is 6.68. The number of hydrogen-bond donors (Lipinski definition) is 1. The van der Waals surface area contributed by atoms with Gasteiger partial charge in [-0.2, -0.15) is 0 Å². The summed E-state index contributed by atoms with van der Waals surface area (Å²) in [6, 6.07) is 0. The van der Waals surface area contributed by atoms with Gasteiger partial charge in [-0.25, -0.2) is 4.98 Å². The third-order valence-corrected chi connectivity index (χ3v) is 3.61. The van der Waals surface area contributed by atoms with Crippen LogP contribution in [0.15, 0.2) is 5.38 Å². The Kier molecular flexibility index (Phi) is 3.40. The van der Waals surface area contributed by atoms with Crippen LogP contribution in [0.4, 0.5) is 5.13 Å². The molecule has 0 aliphatic carbocycles. The topological polar surface area (TPSA) is 51.4 Å². The first kappa shape index (κ1) is 11.1. The monoisotopic (exact) mass is 263 g/mol. The Balaban J connectivity index is 2.07. The molecule has 15 heavy (non-hydrogen) atoms. The number of nitrogens with two attached hydrogens (primary N) is 1. The van der Waals surface area contributed by atoms with Crippen molar-refractivity contribution < 1.29 is 4.74 Å². The van der Waals surface area contributed by atoms with Crippen molar-refractivity contribution in [2.45, 2.75) is 6.10 Å². The van der Waals surface area contributed by atoms with Crippen LogP contribution in [0.2, 0.25) is 5.15 Å². The van der Waals surface area contributed by atoms with Gasteiger partial charge in [-0.15, -0.1) is 11.3 Å². The van der Waals surface area contributed by atoms with Crippen molar-refractivity contribution in [2.75, 3.05) is 24.6 Å². The summed E-state index contributed by atoms with van der Waals surface area (Å²) in [6.45, 7) is 2.06. The lowest BCUT2D eigenvalue weighted by Crippen LogP contribution is -2.47. The van der Waals surface area contributed by atoms with Crippen LogP contribution in [0.3, 0.4) is 0 Å². The number of anilines is 1. The molecule has 0 amide bonds. The van der Waals surface area contributed by atoms with Crippen LogP contribution in [-0.2, 0) is 4.74 Å². The average Bonchev–Trinajstić information content (AvgIpc) is 2.65. The molecule has 1 atom stereocenters. The van der Waals surface area contributed by atoms with Gasteiger partial charge < -0.3 is 15.4 Å². The third-order valence-electron chi connectivity index (χ3n) is 2.12. The van der Waals surface area contributed by atoms with Crippen LogP contribution in [-0.4, -0.2) is 35.8 Å². The second-order valence-electron chi connectivity index (χ2n) is 3.16. The van der Waals surface area contributed by atoms with Gasteiger partial charge in [0.2, 0.25) is 0 Å². The lowest BCUT2D eigenvalue weighted by atomic mass is 10.3. The highest BCUT2D eigenvalue weighted by Crippen LogP contribution is 2.24. The zero-order valence-electron chi connectivity index (χ0n) is 7.85. The molecule has 0 radical (unpaired) electrons. The summed E-state index contributed by atoms with van der Waals surface area (Å²) in [6.07, 6.45) is -0.184. The SMILES string of the molecule is NC(=S)C1CN(c2nc(Cl)cs2)CCO1. The average molecular weight is 264 g/mol. The molecule has 1 aliphatic rings. The van der Waals surface area contributed by atoms with Crippen molar-refractivity contribution >= 4 is 45.3 Å². The highest BCUT2D eigenvalue weighted by molar-refractivity contribution is 7.80. The Hall–Kier alpha value is -0.430. The second-order valence-corrected chi connectivity index (χ2v) is 4.86. The smallest absolute Gasteiger partial charge is 0.186 e. The largest absolute Gasteiger partial charge is 0.391 e. The Morgan fingerprint density at radius 2 is 2.60 bits per heavy atom. The fourth-order valence-corrected chi connectivity index (χ4v) is 2.51. The van der Waals surface area contributed by atoms with Gasteiger partial charge in [0.15, 0.2) is 5.13 Å². The Bertz CT molecular complexity index is 371. The predicted octanol–water partition coefficient (Wildman–Crippen LogP) is 1.29. The molecule has 0 bridgehead atoms. The fraction of sp³-hybridized carbons (Fsp3) is 0.500. The number of nitrogens with zero attached hydrogens (tertiary/aromatic N) is 2. The first-order chi connectivity index (χ1) is 7.16. The van der Waals surface area contributed by atoms with Crippen molar-refractivity contribution in [2.24, 2.45) is 5.73 Å². The van der Waals surface area contributed by atoms with E-state index in [0.717, 1.165) is 11.7 Å². The molecule has 2 rings (SSSR count). The summed E-state index contributed by atoms with van der Waals surface area (Å²) >= 11 is 12.2. The van der Waals surface area contributed by atoms with Crippen molar-refractivity contribution in [1.29, 1.82) is 0 Å². The van der Waals surface area contributed by atoms with Crippen LogP contribution in [0, 0.1) is 0 Å². The normalized spacial score (nSPS) is 21.7. The van der Waals surface area contributed by atoms with Crippen LogP contribution < -0.4 is 10.6 Å². The molecule has 1 aliphatic heterocycles. The van der Waals surface area contributed by atoms with E-state index in [4.69, 9.17) is 34.3 Å². The number of rotatable bonds is 2. The van der Waals surface area contributed by atoms with Gasteiger partial charge in [0, 0.05) is 11.9 Å². The van der Waals surface area contributed by atoms with Crippen LogP contribution in [0.1, 0.15) is 0 Å². The molecule has 0 saturated carbocycles. The first-order valence-corrected chi connectivity index (χ1v) is 6.10. The number of ether oxygens (including phenoxy) is 1. The highest BCUT2D eigenvalue weighted by Gasteiger charge is 2.24. The van der Waals surface area contributed by atoms with E-state index in [1.54, 1.807) is 0 Å². The van der Waals surface area contributed by atoms with E-state index in [1.807, 2.05) is 5.38 Å². The van der Waals surface area contributed by atoms with E-state index >= 15 is 0 Å². The molecule has 1 aromatic heterocycles. The molecule has 1 aromatic rings. The number of morpholine rings is 1. The summed E-state index contributed by atoms with van der Waals surface area (Å²) in [5, 5.41) is 3.22. The van der Waals surface area contributed by atoms with Gasteiger partial charge in [0.1, 0.15) is 16.2 Å². The number of thiazole rings is 1. The Morgan fingerprint density at radius 1 is 1.80 bits per heavy atom. The molecule has 4 nitrogen and oxygen atoms in total. The Labute approximate surface area is 102 Å². The molecule has 1 fully saturated rings. The summed E-state index contributed by atoms with van der Waals surface area (Å²) in [7, 11) is 0. The molecule has 7 heteroatoms. The lowest BCUT2D eigenvalue weighted by Gasteiger charge is -2.31. The van der Waals surface area contributed by atoms with E-state index in [2.05, 4.69) is 9.88 Å². The van der Waals surface area contributed by atoms with Crippen molar-refractivity contribution in [1.82, 2.24) is 4.98 Å². The third kappa shape index (κ3) is 2.57. The van der Waals surface area contributed by atoms with Gasteiger partial charge in [-0.05, 0) is 0 Å². The van der Waals surface area contributed by atoms with Crippen LogP contribution >= 0.6 is 35.2 Å². The quantitative estimate of drug-likeness (QED) is 0.815. The maximum Gasteiger partial charge on any atom is 0.186 e. The molecular formula is C8H10ClN3OS2. The minimum absolute atomic E-state index is 0.184. The molecule has 0 aromatic carbocycles. The van der Waals surface area contributed by atoms with Crippen LogP contribution in [0.5, 0.6) is 0 Å². The fourth-order valence-electron chi connectivity index (χ4n) is 1.39. The van der Waals surface area contributed by atoms with Crippen LogP contribution in [0.25, 0.3) is 0 Å². The molecular weight excluding hydrogens is 254 g/mol. The molecule has 1 saturated heterocycles. The summed E-state index contributed by atoms with van der Waals surface area (Å²) in [5.41, 5.74) is 5.55. The van der Waals surface area contributed by atoms with Gasteiger partial charge in [-0.3, -0.25) is 0 Å². The first-order valence-electron chi connectivity index (χ1n) is 4.43. The Morgan fingerprint density at radius 3 is 3.20 bits per heavy atom. The summed E-state index contributed by atoms with van der Waals surface area (Å²) < 4.78 is 5.43. The molecule has 0 spiro atoms. The van der Waals surface area contributed by atoms with E-state index in [-0.39, 0.29) is 6.10 Å². The minimum Gasteiger partial charge on any atom is -0.391 e. The lowest BCUT2D eigenvalue weighted by molar-refractivity contribution is 0.0847. The maximum atomic E-state index is 5.77. The molecule has 1 unspecified atom stereocenters. The van der Waals surface area contributed by atoms with E-state index in [0.29, 0.717) is 23.3 Å². The van der Waals surface area contributed by atoms with Gasteiger partial charge in [-0.1, -0.05) is 23.8 Å². The molecule has 2 N–H and O–H groups in total. The van der Waals surface area contributed by atoms with E-state index < -0.39 is 0 Å². The van der Waals surface area contributed by atoms with E-state index in [9.17, 15) is 0 Å². The number of hydrogen-bond acceptors (Lipinski definition) is 5. The van der Waals surface area contributed by atoms with E-state index in [1.165, 1.54) is 11.3 Å². The molecule has 82 valence electrons. The number of thiocarbonyl (C=S) groups is 1. The van der Waals surface area contributed by atoms with Crippen molar-refractivity contribution in [3.05, 3.63) is 10.5 Å². The van der Waals surface area contributed by atoms with Crippen molar-refractivity contribution in [3.63, 3.8) is 0 Å². The number of halogens is 1. The summed E-state index contributed by atoms with van der Waals surface area (Å²) in [5.74, 6) is 0. The van der Waals surface area contributed by atoms with Gasteiger partial charge >= 0.3 is 0 Å². The van der Waals surface area contributed by atoms with Crippen molar-refractivity contribution in [3.8, 4) is 0 Å². The maximum absolute atomic E-state index is 5.77. The predicted molar refractivity (Wildman–Crippen MR) is 65.9 cm³/mol. The number of aromatic nitrogens is 1. The zero-order valence-corrected chi connectivity index (χ0v) is 10.2. The highest BCUT2D eigenvalue weighted by atomic mass is 35.5. The van der Waals surface area contributed by atoms with Gasteiger partial charge in [0.25, 0.3) is 0 Å². The minimum atomic E-state index is -0.184. The molecule has 2 heterocycles.